The lowest BCUT2D eigenvalue weighted by atomic mass is 9.47. The largest absolute Gasteiger partial charge is 0.458 e. The third-order valence-electron chi connectivity index (χ3n) is 15.4. The fraction of sp³-hybridized carbons (Fsp3) is 0.640. The van der Waals surface area contributed by atoms with E-state index in [-0.39, 0.29) is 23.4 Å². The monoisotopic (exact) mass is 777 g/mol. The van der Waals surface area contributed by atoms with Crippen LogP contribution in [0.25, 0.3) is 0 Å². The van der Waals surface area contributed by atoms with Crippen molar-refractivity contribution in [1.82, 2.24) is 5.32 Å². The number of esters is 1. The first kappa shape index (κ1) is 43.1. The number of nitrogens with two attached hydrogens (primary N) is 3. The van der Waals surface area contributed by atoms with E-state index in [0.29, 0.717) is 55.4 Å². The standard InChI is InChI=1S/C50H72N4O3/c1-34(2)7-6-8-35(3)43-21-22-44-42-20-19-40-33-41(23-25-48(40,4)45(42)24-26-49(43,44)5)57-47(56)39-17-13-37(14-18-39)10-9-36-11-15-38(16-12-36)46(55)54-50(27-30-51,28-31-52)29-32-53/h11-19,34-35,41-45H,6-8,20-33,51-53H2,1-5H3,(H,54,55)/t35-,41+,42+,43-,44+,45+,48+,49-/m1/s1. The number of amides is 1. The summed E-state index contributed by atoms with van der Waals surface area (Å²) in [7, 11) is 0. The molecular weight excluding hydrogens is 705 g/mol. The van der Waals surface area contributed by atoms with Gasteiger partial charge in [-0.15, -0.1) is 0 Å². The number of fused-ring (bicyclic) bond motifs is 5. The zero-order valence-corrected chi connectivity index (χ0v) is 35.7. The molecule has 8 atom stereocenters. The second-order valence-corrected chi connectivity index (χ2v) is 19.3. The molecule has 2 aromatic carbocycles. The van der Waals surface area contributed by atoms with E-state index in [2.05, 4.69) is 57.9 Å². The van der Waals surface area contributed by atoms with Gasteiger partial charge in [-0.05, 0) is 179 Å². The van der Waals surface area contributed by atoms with Gasteiger partial charge in [-0.3, -0.25) is 4.79 Å². The maximum Gasteiger partial charge on any atom is 0.338 e. The molecule has 0 unspecified atom stereocenters. The normalized spacial score (nSPS) is 28.6. The summed E-state index contributed by atoms with van der Waals surface area (Å²) in [5.74, 6) is 10.8. The number of allylic oxidation sites excluding steroid dienone is 1. The van der Waals surface area contributed by atoms with E-state index in [1.165, 1.54) is 51.4 Å². The van der Waals surface area contributed by atoms with Crippen molar-refractivity contribution < 1.29 is 14.3 Å². The topological polar surface area (TPSA) is 133 Å². The van der Waals surface area contributed by atoms with Crippen LogP contribution in [0.3, 0.4) is 0 Å². The number of hydrogen-bond donors (Lipinski definition) is 4. The number of hydrogen-bond acceptors (Lipinski definition) is 6. The Hall–Kier alpha value is -3.44. The van der Waals surface area contributed by atoms with Crippen molar-refractivity contribution in [2.24, 2.45) is 63.5 Å². The van der Waals surface area contributed by atoms with Gasteiger partial charge in [0.1, 0.15) is 6.10 Å². The summed E-state index contributed by atoms with van der Waals surface area (Å²) in [5, 5.41) is 3.15. The molecule has 4 aliphatic carbocycles. The van der Waals surface area contributed by atoms with Crippen LogP contribution in [0.15, 0.2) is 60.2 Å². The van der Waals surface area contributed by atoms with Crippen LogP contribution in [-0.4, -0.2) is 43.2 Å². The van der Waals surface area contributed by atoms with Crippen molar-refractivity contribution in [3.8, 4) is 11.8 Å². The molecule has 57 heavy (non-hydrogen) atoms. The number of carbonyl (C=O) groups is 2. The minimum absolute atomic E-state index is 0.0762. The van der Waals surface area contributed by atoms with Crippen molar-refractivity contribution in [3.05, 3.63) is 82.4 Å². The van der Waals surface area contributed by atoms with Gasteiger partial charge in [0.2, 0.25) is 0 Å². The van der Waals surface area contributed by atoms with Gasteiger partial charge in [0.15, 0.2) is 0 Å². The van der Waals surface area contributed by atoms with E-state index in [4.69, 9.17) is 21.9 Å². The zero-order valence-electron chi connectivity index (χ0n) is 35.7. The van der Waals surface area contributed by atoms with Gasteiger partial charge in [-0.1, -0.05) is 77.4 Å². The number of ether oxygens (including phenoxy) is 1. The molecule has 0 aliphatic heterocycles. The van der Waals surface area contributed by atoms with Gasteiger partial charge in [-0.25, -0.2) is 4.79 Å². The maximum absolute atomic E-state index is 13.4. The average Bonchev–Trinajstić information content (AvgIpc) is 3.55. The lowest BCUT2D eigenvalue weighted by molar-refractivity contribution is -0.0594. The van der Waals surface area contributed by atoms with Crippen molar-refractivity contribution in [3.63, 3.8) is 0 Å². The highest BCUT2D eigenvalue weighted by atomic mass is 16.5. The Labute approximate surface area is 344 Å². The molecule has 4 aliphatic rings. The summed E-state index contributed by atoms with van der Waals surface area (Å²) in [4.78, 5) is 26.5. The number of rotatable bonds is 15. The molecule has 0 bridgehead atoms. The van der Waals surface area contributed by atoms with Crippen molar-refractivity contribution >= 4 is 11.9 Å². The predicted molar refractivity (Wildman–Crippen MR) is 232 cm³/mol. The molecule has 310 valence electrons. The van der Waals surface area contributed by atoms with Gasteiger partial charge < -0.3 is 27.3 Å². The lowest BCUT2D eigenvalue weighted by Crippen LogP contribution is -2.52. The lowest BCUT2D eigenvalue weighted by Gasteiger charge is -2.58. The molecule has 2 aromatic rings. The van der Waals surface area contributed by atoms with E-state index in [0.717, 1.165) is 65.9 Å². The Morgan fingerprint density at radius 2 is 1.42 bits per heavy atom. The molecular formula is C50H72N4O3. The third kappa shape index (κ3) is 9.56. The van der Waals surface area contributed by atoms with Gasteiger partial charge in [-0.2, -0.15) is 0 Å². The molecule has 0 saturated heterocycles. The number of carbonyl (C=O) groups excluding carboxylic acids is 2. The van der Waals surface area contributed by atoms with Crippen LogP contribution in [0.4, 0.5) is 0 Å². The quantitative estimate of drug-likeness (QED) is 0.0810. The molecule has 3 saturated carbocycles. The molecule has 0 spiro atoms. The highest BCUT2D eigenvalue weighted by Gasteiger charge is 2.59. The van der Waals surface area contributed by atoms with Gasteiger partial charge in [0, 0.05) is 28.7 Å². The van der Waals surface area contributed by atoms with E-state index < -0.39 is 5.54 Å². The first-order valence-electron chi connectivity index (χ1n) is 22.4. The smallest absolute Gasteiger partial charge is 0.338 e. The van der Waals surface area contributed by atoms with Crippen LogP contribution in [0.1, 0.15) is 156 Å². The molecule has 7 N–H and O–H groups in total. The molecule has 0 radical (unpaired) electrons. The average molecular weight is 777 g/mol. The van der Waals surface area contributed by atoms with E-state index in [9.17, 15) is 9.59 Å². The molecule has 7 heteroatoms. The zero-order chi connectivity index (χ0) is 40.8. The molecule has 0 aromatic heterocycles. The third-order valence-corrected chi connectivity index (χ3v) is 15.4. The Morgan fingerprint density at radius 3 is 2.02 bits per heavy atom. The van der Waals surface area contributed by atoms with Crippen molar-refractivity contribution in [2.45, 2.75) is 136 Å². The first-order chi connectivity index (χ1) is 27.3. The van der Waals surface area contributed by atoms with E-state index in [1.807, 2.05) is 36.4 Å². The van der Waals surface area contributed by atoms with Crippen LogP contribution >= 0.6 is 0 Å². The fourth-order valence-corrected chi connectivity index (χ4v) is 12.2. The highest BCUT2D eigenvalue weighted by Crippen LogP contribution is 2.67. The van der Waals surface area contributed by atoms with E-state index >= 15 is 0 Å². The minimum Gasteiger partial charge on any atom is -0.458 e. The molecule has 6 rings (SSSR count). The van der Waals surface area contributed by atoms with Crippen molar-refractivity contribution in [1.29, 1.82) is 0 Å². The Bertz CT molecular complexity index is 1760. The molecule has 0 heterocycles. The fourth-order valence-electron chi connectivity index (χ4n) is 12.2. The van der Waals surface area contributed by atoms with Crippen LogP contribution in [0.5, 0.6) is 0 Å². The van der Waals surface area contributed by atoms with Crippen molar-refractivity contribution in [2.75, 3.05) is 19.6 Å². The Morgan fingerprint density at radius 1 is 0.807 bits per heavy atom. The summed E-state index contributed by atoms with van der Waals surface area (Å²) in [6, 6.07) is 14.6. The summed E-state index contributed by atoms with van der Waals surface area (Å²) in [6.45, 7) is 13.8. The Balaban J connectivity index is 1.02. The van der Waals surface area contributed by atoms with Crippen LogP contribution < -0.4 is 22.5 Å². The highest BCUT2D eigenvalue weighted by molar-refractivity contribution is 5.94. The summed E-state index contributed by atoms with van der Waals surface area (Å²) >= 11 is 0. The minimum atomic E-state index is -0.510. The predicted octanol–water partition coefficient (Wildman–Crippen LogP) is 9.17. The summed E-state index contributed by atoms with van der Waals surface area (Å²) < 4.78 is 6.18. The number of nitrogens with one attached hydrogen (secondary N) is 1. The van der Waals surface area contributed by atoms with Crippen LogP contribution in [0, 0.1) is 58.2 Å². The van der Waals surface area contributed by atoms with Crippen LogP contribution in [0.2, 0.25) is 0 Å². The molecule has 3 fully saturated rings. The summed E-state index contributed by atoms with van der Waals surface area (Å²) in [6.07, 6.45) is 18.2. The van der Waals surface area contributed by atoms with E-state index in [1.54, 1.807) is 17.7 Å². The number of benzene rings is 2. The summed E-state index contributed by atoms with van der Waals surface area (Å²) in [5.41, 5.74) is 22.0. The maximum atomic E-state index is 13.4. The van der Waals surface area contributed by atoms with Gasteiger partial charge in [0.25, 0.3) is 5.91 Å². The second-order valence-electron chi connectivity index (χ2n) is 19.3. The first-order valence-corrected chi connectivity index (χ1v) is 22.4. The Kier molecular flexibility index (Phi) is 14.1. The van der Waals surface area contributed by atoms with Gasteiger partial charge in [0.05, 0.1) is 5.56 Å². The molecule has 7 nitrogen and oxygen atoms in total. The van der Waals surface area contributed by atoms with Gasteiger partial charge >= 0.3 is 5.97 Å². The SMILES string of the molecule is CC(C)CCC[C@@H](C)[C@H]1CC[C@H]2[C@@H]3CC=C4C[C@@H](OC(=O)c5ccc(C#Cc6ccc(C(=O)NC(CCN)(CCN)CCN)cc6)cc5)CC[C@]4(C)[C@H]3CC[C@]12C. The van der Waals surface area contributed by atoms with Crippen LogP contribution in [-0.2, 0) is 4.74 Å². The second kappa shape index (κ2) is 18.6. The molecule has 1 amide bonds.